The Labute approximate surface area is 114 Å². The van der Waals surface area contributed by atoms with Gasteiger partial charge in [-0.3, -0.25) is 0 Å². The molecule has 0 aromatic carbocycles. The Morgan fingerprint density at radius 1 is 1.37 bits per heavy atom. The van der Waals surface area contributed by atoms with Gasteiger partial charge in [-0.15, -0.1) is 0 Å². The number of hydrogen-bond acceptors (Lipinski definition) is 3. The largest absolute Gasteiger partial charge is 0.396 e. The Morgan fingerprint density at radius 3 is 2.74 bits per heavy atom. The third-order valence-corrected chi connectivity index (χ3v) is 5.20. The van der Waals surface area contributed by atoms with Gasteiger partial charge in [0.2, 0.25) is 0 Å². The van der Waals surface area contributed by atoms with Crippen molar-refractivity contribution in [1.29, 1.82) is 0 Å². The van der Waals surface area contributed by atoms with Crippen molar-refractivity contribution in [2.24, 2.45) is 23.7 Å². The summed E-state index contributed by atoms with van der Waals surface area (Å²) in [5.41, 5.74) is 0.396. The third-order valence-electron chi connectivity index (χ3n) is 5.20. The predicted molar refractivity (Wildman–Crippen MR) is 72.0 cm³/mol. The number of allylic oxidation sites excluding steroid dienone is 2. The van der Waals surface area contributed by atoms with E-state index in [0.717, 1.165) is 25.7 Å². The maximum atomic E-state index is 10.2. The lowest BCUT2D eigenvalue weighted by Gasteiger charge is -2.55. The summed E-state index contributed by atoms with van der Waals surface area (Å²) in [6, 6.07) is 0. The molecule has 0 aromatic heterocycles. The fourth-order valence-corrected chi connectivity index (χ4v) is 4.20. The molecule has 1 unspecified atom stereocenters. The van der Waals surface area contributed by atoms with Crippen LogP contribution in [0.2, 0.25) is 0 Å². The van der Waals surface area contributed by atoms with Gasteiger partial charge in [0.25, 0.3) is 0 Å². The van der Waals surface area contributed by atoms with Crippen LogP contribution in [0, 0.1) is 35.5 Å². The van der Waals surface area contributed by atoms with Gasteiger partial charge in [0.15, 0.2) is 5.60 Å². The third kappa shape index (κ3) is 2.03. The van der Waals surface area contributed by atoms with Crippen molar-refractivity contribution in [3.63, 3.8) is 0 Å². The Hall–Kier alpha value is -0.820. The minimum atomic E-state index is -1.06. The zero-order valence-electron chi connectivity index (χ0n) is 11.3. The SMILES string of the molecule is CC1/C(=C/CCCO)[C@H]2CC[C@@H](O)[C@@H](C3(O)C#C3)[C@@H]12. The van der Waals surface area contributed by atoms with Crippen LogP contribution in [0.25, 0.3) is 0 Å². The molecule has 2 fully saturated rings. The van der Waals surface area contributed by atoms with Crippen LogP contribution in [-0.2, 0) is 0 Å². The monoisotopic (exact) mass is 262 g/mol. The van der Waals surface area contributed by atoms with Crippen molar-refractivity contribution in [2.75, 3.05) is 6.61 Å². The van der Waals surface area contributed by atoms with Gasteiger partial charge < -0.3 is 15.3 Å². The van der Waals surface area contributed by atoms with Gasteiger partial charge in [-0.05, 0) is 43.4 Å². The second kappa shape index (κ2) is 4.63. The highest BCUT2D eigenvalue weighted by molar-refractivity contribution is 5.47. The van der Waals surface area contributed by atoms with Gasteiger partial charge in [0.05, 0.1) is 6.10 Å². The van der Waals surface area contributed by atoms with Gasteiger partial charge in [-0.25, -0.2) is 0 Å². The van der Waals surface area contributed by atoms with E-state index in [1.165, 1.54) is 5.57 Å². The first kappa shape index (κ1) is 13.2. The number of unbranched alkanes of at least 4 members (excludes halogenated alkanes) is 1. The maximum absolute atomic E-state index is 10.2. The Balaban J connectivity index is 1.73. The summed E-state index contributed by atoms with van der Waals surface area (Å²) in [4.78, 5) is 0. The summed E-state index contributed by atoms with van der Waals surface area (Å²) in [5.74, 6) is 6.68. The van der Waals surface area contributed by atoms with E-state index < -0.39 is 11.7 Å². The molecule has 2 saturated carbocycles. The number of hydrogen-bond donors (Lipinski definition) is 3. The number of rotatable bonds is 4. The highest BCUT2D eigenvalue weighted by Crippen LogP contribution is 2.58. The lowest BCUT2D eigenvalue weighted by molar-refractivity contribution is -0.0958. The van der Waals surface area contributed by atoms with E-state index in [4.69, 9.17) is 5.11 Å². The molecule has 3 rings (SSSR count). The Kier molecular flexibility index (Phi) is 3.21. The molecule has 5 atom stereocenters. The number of aliphatic hydroxyl groups excluding tert-OH is 2. The van der Waals surface area contributed by atoms with Crippen LogP contribution >= 0.6 is 0 Å². The first-order valence-electron chi connectivity index (χ1n) is 7.34. The Morgan fingerprint density at radius 2 is 2.11 bits per heavy atom. The fourth-order valence-electron chi connectivity index (χ4n) is 4.20. The van der Waals surface area contributed by atoms with Crippen molar-refractivity contribution < 1.29 is 15.3 Å². The summed E-state index contributed by atoms with van der Waals surface area (Å²) in [6.45, 7) is 2.42. The van der Waals surface area contributed by atoms with E-state index in [1.54, 1.807) is 0 Å². The molecule has 0 aliphatic heterocycles. The van der Waals surface area contributed by atoms with E-state index in [0.29, 0.717) is 17.8 Å². The first-order valence-corrected chi connectivity index (χ1v) is 7.34. The van der Waals surface area contributed by atoms with Gasteiger partial charge in [-0.1, -0.05) is 30.4 Å². The van der Waals surface area contributed by atoms with E-state index in [1.807, 2.05) is 0 Å². The molecular formula is C16H22O3. The van der Waals surface area contributed by atoms with Crippen LogP contribution in [0.1, 0.15) is 32.6 Å². The summed E-state index contributed by atoms with van der Waals surface area (Å²) < 4.78 is 0. The molecule has 0 amide bonds. The van der Waals surface area contributed by atoms with Crippen molar-refractivity contribution in [2.45, 2.75) is 44.3 Å². The van der Waals surface area contributed by atoms with E-state index in [-0.39, 0.29) is 12.5 Å². The zero-order valence-corrected chi connectivity index (χ0v) is 11.3. The maximum Gasteiger partial charge on any atom is 0.193 e. The average molecular weight is 262 g/mol. The highest BCUT2D eigenvalue weighted by atomic mass is 16.3. The van der Waals surface area contributed by atoms with Crippen LogP contribution in [-0.4, -0.2) is 33.6 Å². The summed E-state index contributed by atoms with van der Waals surface area (Å²) in [6.07, 6.45) is 5.32. The molecule has 3 aliphatic rings. The van der Waals surface area contributed by atoms with Crippen LogP contribution in [0.15, 0.2) is 11.6 Å². The van der Waals surface area contributed by atoms with Crippen molar-refractivity contribution in [3.8, 4) is 11.8 Å². The molecule has 0 heterocycles. The first-order chi connectivity index (χ1) is 9.08. The Bertz CT molecular complexity index is 448. The van der Waals surface area contributed by atoms with Crippen LogP contribution in [0.5, 0.6) is 0 Å². The molecular weight excluding hydrogens is 240 g/mol. The number of fused-ring (bicyclic) bond motifs is 1. The second-order valence-electron chi connectivity index (χ2n) is 6.23. The van der Waals surface area contributed by atoms with Gasteiger partial charge in [0.1, 0.15) is 0 Å². The molecule has 0 bridgehead atoms. The molecule has 3 heteroatoms. The molecule has 0 saturated heterocycles. The molecule has 3 aliphatic carbocycles. The van der Waals surface area contributed by atoms with E-state index >= 15 is 0 Å². The van der Waals surface area contributed by atoms with Crippen LogP contribution in [0.4, 0.5) is 0 Å². The van der Waals surface area contributed by atoms with E-state index in [9.17, 15) is 10.2 Å². The lowest BCUT2D eigenvalue weighted by atomic mass is 9.49. The molecule has 104 valence electrons. The molecule has 0 spiro atoms. The molecule has 19 heavy (non-hydrogen) atoms. The second-order valence-corrected chi connectivity index (χ2v) is 6.23. The summed E-state index contributed by atoms with van der Waals surface area (Å²) in [7, 11) is 0. The van der Waals surface area contributed by atoms with Gasteiger partial charge >= 0.3 is 0 Å². The minimum Gasteiger partial charge on any atom is -0.396 e. The standard InChI is InChI=1S/C16H22O3/c1-10-11(4-2-3-9-17)12-5-6-13(18)15(14(10)12)16(19)7-8-16/h4,10,12-15,17-19H,2-3,5-6,9H2,1H3/b11-4-/t10?,12-,13-,14+,15-/m1/s1. The lowest BCUT2D eigenvalue weighted by Crippen LogP contribution is -2.56. The van der Waals surface area contributed by atoms with Crippen molar-refractivity contribution in [1.82, 2.24) is 0 Å². The number of aliphatic hydroxyl groups is 3. The predicted octanol–water partition coefficient (Wildman–Crippen LogP) is 1.09. The topological polar surface area (TPSA) is 60.7 Å². The van der Waals surface area contributed by atoms with Crippen LogP contribution < -0.4 is 0 Å². The minimum absolute atomic E-state index is 0.128. The zero-order chi connectivity index (χ0) is 13.6. The van der Waals surface area contributed by atoms with Gasteiger partial charge in [0, 0.05) is 12.5 Å². The van der Waals surface area contributed by atoms with Crippen molar-refractivity contribution >= 4 is 0 Å². The fraction of sp³-hybridized carbons (Fsp3) is 0.750. The highest BCUT2D eigenvalue weighted by Gasteiger charge is 2.59. The molecule has 0 radical (unpaired) electrons. The smallest absolute Gasteiger partial charge is 0.193 e. The molecule has 3 nitrogen and oxygen atoms in total. The molecule has 3 N–H and O–H groups in total. The molecule has 0 aromatic rings. The average Bonchev–Trinajstić information content (AvgIpc) is 3.13. The normalized spacial score (nSPS) is 44.0. The van der Waals surface area contributed by atoms with Gasteiger partial charge in [-0.2, -0.15) is 0 Å². The van der Waals surface area contributed by atoms with Crippen LogP contribution in [0.3, 0.4) is 0 Å². The van der Waals surface area contributed by atoms with Crippen molar-refractivity contribution in [3.05, 3.63) is 11.6 Å². The van der Waals surface area contributed by atoms with E-state index in [2.05, 4.69) is 24.8 Å². The summed E-state index contributed by atoms with van der Waals surface area (Å²) >= 11 is 0. The summed E-state index contributed by atoms with van der Waals surface area (Å²) in [5, 5.41) is 29.3. The quantitative estimate of drug-likeness (QED) is 0.404.